The summed E-state index contributed by atoms with van der Waals surface area (Å²) in [6.07, 6.45) is 9.51. The third-order valence-electron chi connectivity index (χ3n) is 11.2. The van der Waals surface area contributed by atoms with E-state index in [1.165, 1.54) is 22.6 Å². The summed E-state index contributed by atoms with van der Waals surface area (Å²) in [6.45, 7) is 23.3. The van der Waals surface area contributed by atoms with Gasteiger partial charge in [0, 0.05) is 59.7 Å². The third kappa shape index (κ3) is 7.94. The van der Waals surface area contributed by atoms with Gasteiger partial charge in [0.1, 0.15) is 22.5 Å². The molecule has 52 heavy (non-hydrogen) atoms. The van der Waals surface area contributed by atoms with Crippen molar-refractivity contribution >= 4 is 49.5 Å². The van der Waals surface area contributed by atoms with Crippen LogP contribution in [0, 0.1) is 22.8 Å². The van der Waals surface area contributed by atoms with Crippen LogP contribution in [0.2, 0.25) is 0 Å². The minimum absolute atomic E-state index is 0. The first-order valence-electron chi connectivity index (χ1n) is 18.7. The van der Waals surface area contributed by atoms with Crippen molar-refractivity contribution in [3.63, 3.8) is 0 Å². The Hall–Kier alpha value is -3.73. The molecule has 0 unspecified atom stereocenters. The van der Waals surface area contributed by atoms with Crippen molar-refractivity contribution in [1.29, 1.82) is 0 Å². The Balaban J connectivity index is 0.000000289. The van der Waals surface area contributed by atoms with Gasteiger partial charge in [0.05, 0.1) is 11.6 Å². The van der Waals surface area contributed by atoms with Crippen LogP contribution in [0.25, 0.3) is 54.9 Å². The Morgan fingerprint density at radius 3 is 2.13 bits per heavy atom. The van der Waals surface area contributed by atoms with Gasteiger partial charge in [-0.15, -0.1) is 29.1 Å². The van der Waals surface area contributed by atoms with Crippen LogP contribution in [0.3, 0.4) is 0 Å². The molecule has 3 aromatic carbocycles. The Labute approximate surface area is 323 Å². The van der Waals surface area contributed by atoms with Gasteiger partial charge in [0.25, 0.3) is 0 Å². The molecule has 6 rings (SSSR count). The Bertz CT molecular complexity index is 2200. The number of hydrogen-bond donors (Lipinski definition) is 1. The SMILES string of the molecule is CC(C)Cc1coc2c1ccc1oc3c(-c4[c-]c5ccccc5c(C(C)(C)C)c4)nccc3c12.CCC(C)(CC)C(=O)/C=C(\O)C(C)(CC)CC.[Ir]. The van der Waals surface area contributed by atoms with E-state index in [0.29, 0.717) is 5.92 Å². The van der Waals surface area contributed by atoms with E-state index < -0.39 is 0 Å². The first-order chi connectivity index (χ1) is 24.1. The van der Waals surface area contributed by atoms with Crippen molar-refractivity contribution in [2.24, 2.45) is 16.7 Å². The predicted molar refractivity (Wildman–Crippen MR) is 213 cm³/mol. The summed E-state index contributed by atoms with van der Waals surface area (Å²) < 4.78 is 12.5. The van der Waals surface area contributed by atoms with Crippen molar-refractivity contribution in [3.8, 4) is 11.3 Å². The molecule has 1 radical (unpaired) electrons. The van der Waals surface area contributed by atoms with Crippen LogP contribution >= 0.6 is 0 Å². The molecule has 0 saturated heterocycles. The zero-order valence-corrected chi connectivity index (χ0v) is 35.3. The van der Waals surface area contributed by atoms with Crippen LogP contribution < -0.4 is 0 Å². The zero-order valence-electron chi connectivity index (χ0n) is 32.9. The fraction of sp³-hybridized carbons (Fsp3) is 0.435. The second-order valence-electron chi connectivity index (χ2n) is 16.1. The number of fused-ring (bicyclic) bond motifs is 6. The molecular formula is C46H56IrNO4-. The van der Waals surface area contributed by atoms with E-state index in [-0.39, 0.29) is 47.9 Å². The minimum Gasteiger partial charge on any atom is -0.512 e. The molecule has 0 spiro atoms. The normalized spacial score (nSPS) is 12.8. The summed E-state index contributed by atoms with van der Waals surface area (Å²) in [5.41, 5.74) is 6.15. The van der Waals surface area contributed by atoms with E-state index in [2.05, 4.69) is 83.1 Å². The van der Waals surface area contributed by atoms with Crippen LogP contribution in [0.4, 0.5) is 0 Å². The molecule has 0 bridgehead atoms. The van der Waals surface area contributed by atoms with Crippen LogP contribution in [0.5, 0.6) is 0 Å². The predicted octanol–water partition coefficient (Wildman–Crippen LogP) is 13.5. The Kier molecular flexibility index (Phi) is 12.7. The zero-order chi connectivity index (χ0) is 37.3. The molecule has 0 aliphatic carbocycles. The summed E-state index contributed by atoms with van der Waals surface area (Å²) in [4.78, 5) is 17.0. The molecule has 0 amide bonds. The Morgan fingerprint density at radius 2 is 1.52 bits per heavy atom. The molecule has 279 valence electrons. The quantitative estimate of drug-likeness (QED) is 0.0843. The van der Waals surface area contributed by atoms with Crippen molar-refractivity contribution in [2.45, 2.75) is 114 Å². The molecule has 0 fully saturated rings. The number of allylic oxidation sites excluding steroid dienone is 2. The van der Waals surface area contributed by atoms with Gasteiger partial charge in [0.15, 0.2) is 5.78 Å². The van der Waals surface area contributed by atoms with Gasteiger partial charge in [0.2, 0.25) is 0 Å². The average Bonchev–Trinajstić information content (AvgIpc) is 3.70. The maximum absolute atomic E-state index is 12.2. The number of aliphatic hydroxyl groups excluding tert-OH is 1. The topological polar surface area (TPSA) is 76.5 Å². The van der Waals surface area contributed by atoms with E-state index in [0.717, 1.165) is 81.7 Å². The van der Waals surface area contributed by atoms with Crippen molar-refractivity contribution in [1.82, 2.24) is 4.98 Å². The summed E-state index contributed by atoms with van der Waals surface area (Å²) in [6, 6.07) is 20.5. The van der Waals surface area contributed by atoms with Gasteiger partial charge < -0.3 is 13.9 Å². The molecule has 0 atom stereocenters. The van der Waals surface area contributed by atoms with Crippen molar-refractivity contribution in [3.05, 3.63) is 90.0 Å². The number of aliphatic hydroxyl groups is 1. The van der Waals surface area contributed by atoms with Crippen molar-refractivity contribution in [2.75, 3.05) is 0 Å². The van der Waals surface area contributed by atoms with E-state index in [4.69, 9.17) is 13.8 Å². The molecule has 3 aromatic heterocycles. The number of carbonyl (C=O) groups excluding carboxylic acids is 1. The minimum atomic E-state index is -0.337. The summed E-state index contributed by atoms with van der Waals surface area (Å²) in [5, 5.41) is 15.7. The van der Waals surface area contributed by atoms with Gasteiger partial charge >= 0.3 is 0 Å². The summed E-state index contributed by atoms with van der Waals surface area (Å²) in [7, 11) is 0. The van der Waals surface area contributed by atoms with Crippen LogP contribution in [0.15, 0.2) is 81.7 Å². The smallest absolute Gasteiger partial charge is 0.164 e. The molecule has 3 heterocycles. The number of carbonyl (C=O) groups is 1. The molecule has 0 saturated carbocycles. The number of nitrogens with zero attached hydrogens (tertiary/aromatic N) is 1. The Morgan fingerprint density at radius 1 is 0.865 bits per heavy atom. The number of pyridine rings is 1. The largest absolute Gasteiger partial charge is 0.512 e. The van der Waals surface area contributed by atoms with E-state index in [1.54, 1.807) is 0 Å². The van der Waals surface area contributed by atoms with E-state index in [1.807, 2.05) is 60.1 Å². The molecule has 5 nitrogen and oxygen atoms in total. The summed E-state index contributed by atoms with van der Waals surface area (Å²) in [5.74, 6) is 0.850. The number of ketones is 1. The molecule has 6 heteroatoms. The fourth-order valence-corrected chi connectivity index (χ4v) is 6.78. The standard InChI is InChI=1S/C31H28NO2.C15H28O2.Ir/c1-18(2)14-21-17-33-29-23(21)10-11-26-27(29)24-12-13-32-28(30(24)34-26)20-15-19-8-6-7-9-22(19)25(16-20)31(3,4)5;1-7-14(5,8-2)12(16)11-13(17)15(6,9-3)10-4;/h6-13,16-18H,14H2,1-5H3;11,16H,7-10H2,1-6H3;/q-1;;/b;12-11-;. The van der Waals surface area contributed by atoms with Crippen LogP contribution in [-0.4, -0.2) is 15.9 Å². The first kappa shape index (κ1) is 41.0. The van der Waals surface area contributed by atoms with Gasteiger partial charge in [-0.05, 0) is 67.2 Å². The molecule has 0 aliphatic heterocycles. The number of rotatable bonds is 10. The van der Waals surface area contributed by atoms with Crippen LogP contribution in [0.1, 0.15) is 113 Å². The monoisotopic (exact) mass is 879 g/mol. The second kappa shape index (κ2) is 16.1. The van der Waals surface area contributed by atoms with Gasteiger partial charge in [-0.2, -0.15) is 0 Å². The van der Waals surface area contributed by atoms with Gasteiger partial charge in [-0.1, -0.05) is 105 Å². The second-order valence-corrected chi connectivity index (χ2v) is 16.1. The molecular weight excluding hydrogens is 823 g/mol. The molecule has 1 N–H and O–H groups in total. The maximum Gasteiger partial charge on any atom is 0.164 e. The fourth-order valence-electron chi connectivity index (χ4n) is 6.78. The third-order valence-corrected chi connectivity index (χ3v) is 11.2. The summed E-state index contributed by atoms with van der Waals surface area (Å²) >= 11 is 0. The average molecular weight is 879 g/mol. The first-order valence-corrected chi connectivity index (χ1v) is 18.7. The molecule has 6 aromatic rings. The van der Waals surface area contributed by atoms with Crippen molar-refractivity contribution < 1.29 is 38.8 Å². The van der Waals surface area contributed by atoms with E-state index >= 15 is 0 Å². The maximum atomic E-state index is 12.2. The number of furan rings is 2. The van der Waals surface area contributed by atoms with Gasteiger partial charge in [-0.25, -0.2) is 0 Å². The van der Waals surface area contributed by atoms with E-state index in [9.17, 15) is 9.90 Å². The number of aromatic nitrogens is 1. The van der Waals surface area contributed by atoms with Crippen LogP contribution in [-0.2, 0) is 36.7 Å². The van der Waals surface area contributed by atoms with Gasteiger partial charge in [-0.3, -0.25) is 9.78 Å². The number of benzene rings is 3. The number of hydrogen-bond acceptors (Lipinski definition) is 5. The molecule has 0 aliphatic rings.